The van der Waals surface area contributed by atoms with E-state index >= 15 is 0 Å². The van der Waals surface area contributed by atoms with Crippen LogP contribution in [0.15, 0.2) is 0 Å². The van der Waals surface area contributed by atoms with E-state index in [1.807, 2.05) is 0 Å². The molecule has 104 valence electrons. The SMILES string of the molecule is COCCNC(=O)C(C)NC(=O)COCC(=O)O. The number of nitrogens with one attached hydrogen (secondary N) is 2. The number of aliphatic carboxylic acids is 1. The third-order valence-corrected chi connectivity index (χ3v) is 1.83. The maximum atomic E-state index is 11.4. The fraction of sp³-hybridized carbons (Fsp3) is 0.700. The summed E-state index contributed by atoms with van der Waals surface area (Å²) in [5.41, 5.74) is 0. The highest BCUT2D eigenvalue weighted by Crippen LogP contribution is 1.84. The van der Waals surface area contributed by atoms with E-state index in [-0.39, 0.29) is 5.91 Å². The van der Waals surface area contributed by atoms with Crippen LogP contribution in [0.2, 0.25) is 0 Å². The zero-order valence-corrected chi connectivity index (χ0v) is 10.4. The van der Waals surface area contributed by atoms with Crippen LogP contribution in [0.25, 0.3) is 0 Å². The molecule has 0 saturated heterocycles. The number of hydrogen-bond donors (Lipinski definition) is 3. The lowest BCUT2D eigenvalue weighted by atomic mass is 10.3. The van der Waals surface area contributed by atoms with Crippen LogP contribution in [0.4, 0.5) is 0 Å². The van der Waals surface area contributed by atoms with Crippen molar-refractivity contribution in [2.45, 2.75) is 13.0 Å². The van der Waals surface area contributed by atoms with Crippen molar-refractivity contribution in [3.05, 3.63) is 0 Å². The van der Waals surface area contributed by atoms with E-state index in [4.69, 9.17) is 9.84 Å². The summed E-state index contributed by atoms with van der Waals surface area (Å²) in [4.78, 5) is 32.8. The molecular formula is C10H18N2O6. The molecule has 0 aliphatic rings. The number of rotatable bonds is 9. The molecule has 0 aromatic rings. The zero-order chi connectivity index (χ0) is 14.0. The summed E-state index contributed by atoms with van der Waals surface area (Å²) in [7, 11) is 1.51. The molecule has 8 heteroatoms. The van der Waals surface area contributed by atoms with Crippen LogP contribution >= 0.6 is 0 Å². The molecule has 3 N–H and O–H groups in total. The standard InChI is InChI=1S/C10H18N2O6/c1-7(10(16)11-3-4-17-2)12-8(13)5-18-6-9(14)15/h7H,3-6H2,1-2H3,(H,11,16)(H,12,13)(H,14,15). The minimum atomic E-state index is -1.16. The summed E-state index contributed by atoms with van der Waals surface area (Å²) < 4.78 is 9.32. The third kappa shape index (κ3) is 8.48. The smallest absolute Gasteiger partial charge is 0.329 e. The molecule has 0 aliphatic heterocycles. The van der Waals surface area contributed by atoms with Crippen molar-refractivity contribution in [3.8, 4) is 0 Å². The first-order valence-electron chi connectivity index (χ1n) is 5.33. The molecule has 18 heavy (non-hydrogen) atoms. The average Bonchev–Trinajstić information content (AvgIpc) is 2.28. The van der Waals surface area contributed by atoms with Crippen LogP contribution in [0.3, 0.4) is 0 Å². The van der Waals surface area contributed by atoms with Crippen LogP contribution in [0.1, 0.15) is 6.92 Å². The molecule has 1 unspecified atom stereocenters. The summed E-state index contributed by atoms with van der Waals surface area (Å²) in [5.74, 6) is -2.06. The van der Waals surface area contributed by atoms with Gasteiger partial charge in [-0.15, -0.1) is 0 Å². The van der Waals surface area contributed by atoms with Gasteiger partial charge in [0.15, 0.2) is 0 Å². The Morgan fingerprint density at radius 1 is 1.28 bits per heavy atom. The number of ether oxygens (including phenoxy) is 2. The zero-order valence-electron chi connectivity index (χ0n) is 10.4. The normalized spacial score (nSPS) is 11.7. The van der Waals surface area contributed by atoms with Gasteiger partial charge in [-0.3, -0.25) is 9.59 Å². The second-order valence-corrected chi connectivity index (χ2v) is 3.46. The van der Waals surface area contributed by atoms with Crippen LogP contribution in [-0.4, -0.2) is 62.4 Å². The first-order valence-corrected chi connectivity index (χ1v) is 5.33. The van der Waals surface area contributed by atoms with Crippen molar-refractivity contribution >= 4 is 17.8 Å². The summed E-state index contributed by atoms with van der Waals surface area (Å²) in [6, 6.07) is -0.720. The van der Waals surface area contributed by atoms with E-state index in [1.54, 1.807) is 0 Å². The van der Waals surface area contributed by atoms with E-state index < -0.39 is 31.1 Å². The Balaban J connectivity index is 3.77. The molecule has 8 nitrogen and oxygen atoms in total. The Bertz CT molecular complexity index is 294. The highest BCUT2D eigenvalue weighted by atomic mass is 16.5. The number of carboxylic acids is 1. The van der Waals surface area contributed by atoms with Crippen molar-refractivity contribution in [2.75, 3.05) is 33.5 Å². The molecule has 2 amide bonds. The van der Waals surface area contributed by atoms with Gasteiger partial charge in [0, 0.05) is 13.7 Å². The van der Waals surface area contributed by atoms with Gasteiger partial charge >= 0.3 is 5.97 Å². The second kappa shape index (κ2) is 9.37. The molecule has 0 bridgehead atoms. The number of carbonyl (C=O) groups excluding carboxylic acids is 2. The van der Waals surface area contributed by atoms with Gasteiger partial charge < -0.3 is 25.2 Å². The minimum absolute atomic E-state index is 0.348. The van der Waals surface area contributed by atoms with E-state index in [0.29, 0.717) is 13.2 Å². The van der Waals surface area contributed by atoms with Gasteiger partial charge in [0.25, 0.3) is 0 Å². The monoisotopic (exact) mass is 262 g/mol. The van der Waals surface area contributed by atoms with Gasteiger partial charge in [0.2, 0.25) is 11.8 Å². The summed E-state index contributed by atoms with van der Waals surface area (Å²) >= 11 is 0. The van der Waals surface area contributed by atoms with Crippen molar-refractivity contribution < 1.29 is 29.0 Å². The molecule has 0 radical (unpaired) electrons. The lowest BCUT2D eigenvalue weighted by Crippen LogP contribution is -2.46. The first kappa shape index (κ1) is 16.3. The van der Waals surface area contributed by atoms with Crippen molar-refractivity contribution in [3.63, 3.8) is 0 Å². The largest absolute Gasteiger partial charge is 0.480 e. The van der Waals surface area contributed by atoms with Crippen LogP contribution in [0, 0.1) is 0 Å². The number of carboxylic acid groups (broad SMARTS) is 1. The van der Waals surface area contributed by atoms with Crippen molar-refractivity contribution in [1.29, 1.82) is 0 Å². The summed E-state index contributed by atoms with van der Waals surface area (Å²) in [5, 5.41) is 13.2. The lowest BCUT2D eigenvalue weighted by molar-refractivity contribution is -0.144. The van der Waals surface area contributed by atoms with Gasteiger partial charge in [-0.05, 0) is 6.92 Å². The molecule has 0 fully saturated rings. The minimum Gasteiger partial charge on any atom is -0.480 e. The van der Waals surface area contributed by atoms with E-state index in [0.717, 1.165) is 0 Å². The Morgan fingerprint density at radius 2 is 1.94 bits per heavy atom. The molecular weight excluding hydrogens is 244 g/mol. The Labute approximate surface area is 105 Å². The molecule has 0 aromatic heterocycles. The Kier molecular flexibility index (Phi) is 8.50. The molecule has 0 heterocycles. The molecule has 0 rings (SSSR count). The quantitative estimate of drug-likeness (QED) is 0.429. The predicted molar refractivity (Wildman–Crippen MR) is 60.9 cm³/mol. The fourth-order valence-corrected chi connectivity index (χ4v) is 1.01. The van der Waals surface area contributed by atoms with Gasteiger partial charge in [-0.1, -0.05) is 0 Å². The van der Waals surface area contributed by atoms with Crippen molar-refractivity contribution in [1.82, 2.24) is 10.6 Å². The maximum Gasteiger partial charge on any atom is 0.329 e. The molecule has 0 spiro atoms. The highest BCUT2D eigenvalue weighted by molar-refractivity contribution is 5.87. The molecule has 0 saturated carbocycles. The Hall–Kier alpha value is -1.67. The maximum absolute atomic E-state index is 11.4. The highest BCUT2D eigenvalue weighted by Gasteiger charge is 2.15. The van der Waals surface area contributed by atoms with Gasteiger partial charge in [0.05, 0.1) is 6.61 Å². The number of methoxy groups -OCH3 is 1. The molecule has 1 atom stereocenters. The van der Waals surface area contributed by atoms with E-state index in [9.17, 15) is 14.4 Å². The molecule has 0 aromatic carbocycles. The summed E-state index contributed by atoms with van der Waals surface area (Å²) in [6.45, 7) is 1.29. The Morgan fingerprint density at radius 3 is 2.50 bits per heavy atom. The van der Waals surface area contributed by atoms with E-state index in [2.05, 4.69) is 15.4 Å². The summed E-state index contributed by atoms with van der Waals surface area (Å²) in [6.07, 6.45) is 0. The van der Waals surface area contributed by atoms with Gasteiger partial charge in [-0.2, -0.15) is 0 Å². The number of carbonyl (C=O) groups is 3. The number of hydrogen-bond acceptors (Lipinski definition) is 5. The lowest BCUT2D eigenvalue weighted by Gasteiger charge is -2.13. The van der Waals surface area contributed by atoms with Crippen LogP contribution < -0.4 is 10.6 Å². The van der Waals surface area contributed by atoms with Gasteiger partial charge in [0.1, 0.15) is 19.3 Å². The number of amides is 2. The van der Waals surface area contributed by atoms with E-state index in [1.165, 1.54) is 14.0 Å². The molecule has 0 aliphatic carbocycles. The fourth-order valence-electron chi connectivity index (χ4n) is 1.01. The van der Waals surface area contributed by atoms with Crippen LogP contribution in [0.5, 0.6) is 0 Å². The van der Waals surface area contributed by atoms with Crippen molar-refractivity contribution in [2.24, 2.45) is 0 Å². The third-order valence-electron chi connectivity index (χ3n) is 1.83. The predicted octanol–water partition coefficient (Wildman–Crippen LogP) is -1.65. The second-order valence-electron chi connectivity index (χ2n) is 3.46. The average molecular weight is 262 g/mol. The first-order chi connectivity index (χ1) is 8.47. The van der Waals surface area contributed by atoms with Gasteiger partial charge in [-0.25, -0.2) is 4.79 Å². The topological polar surface area (TPSA) is 114 Å². The van der Waals surface area contributed by atoms with Crippen LogP contribution in [-0.2, 0) is 23.9 Å².